The van der Waals surface area contributed by atoms with Crippen molar-refractivity contribution in [1.82, 2.24) is 0 Å². The van der Waals surface area contributed by atoms with Gasteiger partial charge >= 0.3 is 0 Å². The molecule has 0 spiro atoms. The summed E-state index contributed by atoms with van der Waals surface area (Å²) in [5, 5.41) is 0.500. The number of Topliss-reactive ketones (excluding diaryl/α,β-unsaturated/α-hetero) is 1. The van der Waals surface area contributed by atoms with Crippen LogP contribution in [0.25, 0.3) is 11.0 Å². The Kier molecular flexibility index (Phi) is 3.71. The lowest BCUT2D eigenvalue weighted by Gasteiger charge is -2.03. The fraction of sp³-hybridized carbons (Fsp3) is 0.0588. The lowest BCUT2D eigenvalue weighted by atomic mass is 10.1. The number of halogens is 1. The lowest BCUT2D eigenvalue weighted by Crippen LogP contribution is -2.07. The molecule has 0 atom stereocenters. The van der Waals surface area contributed by atoms with Gasteiger partial charge in [0, 0.05) is 16.1 Å². The highest BCUT2D eigenvalue weighted by atomic mass is 79.9. The molecule has 2 aromatic carbocycles. The van der Waals surface area contributed by atoms with Gasteiger partial charge in [0.2, 0.25) is 0 Å². The van der Waals surface area contributed by atoms with Gasteiger partial charge in [0.25, 0.3) is 0 Å². The predicted molar refractivity (Wildman–Crippen MR) is 84.7 cm³/mol. The molecule has 0 aliphatic rings. The summed E-state index contributed by atoms with van der Waals surface area (Å²) in [6, 6.07) is 15.6. The minimum atomic E-state index is -0.145. The molecule has 0 saturated carbocycles. The summed E-state index contributed by atoms with van der Waals surface area (Å²) in [7, 11) is 0. The van der Waals surface area contributed by atoms with Gasteiger partial charge in [-0.2, -0.15) is 0 Å². The van der Waals surface area contributed by atoms with Crippen molar-refractivity contribution in [3.8, 4) is 0 Å². The Morgan fingerprint density at radius 3 is 2.57 bits per heavy atom. The zero-order valence-corrected chi connectivity index (χ0v) is 12.6. The number of fused-ring (bicyclic) bond motifs is 1. The Morgan fingerprint density at radius 1 is 1.05 bits per heavy atom. The second-order valence-corrected chi connectivity index (χ2v) is 5.60. The third kappa shape index (κ3) is 2.95. The van der Waals surface area contributed by atoms with Crippen LogP contribution in [0.15, 0.2) is 68.3 Å². The Balaban J connectivity index is 1.97. The molecule has 0 unspecified atom stereocenters. The SMILES string of the molecule is O=C(Cc1cc(=O)c2cc(Br)ccc2o1)c1ccccc1. The van der Waals surface area contributed by atoms with Crippen molar-refractivity contribution in [1.29, 1.82) is 0 Å². The molecular weight excluding hydrogens is 332 g/mol. The summed E-state index contributed by atoms with van der Waals surface area (Å²) in [4.78, 5) is 24.2. The largest absolute Gasteiger partial charge is 0.460 e. The van der Waals surface area contributed by atoms with Crippen LogP contribution in [0.5, 0.6) is 0 Å². The first-order valence-electron chi connectivity index (χ1n) is 6.44. The van der Waals surface area contributed by atoms with E-state index in [1.54, 1.807) is 42.5 Å². The van der Waals surface area contributed by atoms with Crippen LogP contribution in [0.2, 0.25) is 0 Å². The molecule has 0 N–H and O–H groups in total. The molecule has 21 heavy (non-hydrogen) atoms. The number of carbonyl (C=O) groups is 1. The van der Waals surface area contributed by atoms with Gasteiger partial charge in [-0.3, -0.25) is 9.59 Å². The standard InChI is InChI=1S/C17H11BrO3/c18-12-6-7-17-14(8-12)16(20)10-13(21-17)9-15(19)11-4-2-1-3-5-11/h1-8,10H,9H2. The molecule has 0 aliphatic heterocycles. The van der Waals surface area contributed by atoms with Gasteiger partial charge in [-0.25, -0.2) is 0 Å². The maximum Gasteiger partial charge on any atom is 0.193 e. The predicted octanol–water partition coefficient (Wildman–Crippen LogP) is 3.98. The minimum Gasteiger partial charge on any atom is -0.460 e. The van der Waals surface area contributed by atoms with Crippen molar-refractivity contribution < 1.29 is 9.21 Å². The van der Waals surface area contributed by atoms with Gasteiger partial charge < -0.3 is 4.42 Å². The van der Waals surface area contributed by atoms with E-state index in [4.69, 9.17) is 4.42 Å². The highest BCUT2D eigenvalue weighted by molar-refractivity contribution is 9.10. The van der Waals surface area contributed by atoms with E-state index in [0.29, 0.717) is 22.3 Å². The number of ketones is 1. The van der Waals surface area contributed by atoms with Crippen LogP contribution >= 0.6 is 15.9 Å². The summed E-state index contributed by atoms with van der Waals surface area (Å²) in [5.41, 5.74) is 0.950. The fourth-order valence-electron chi connectivity index (χ4n) is 2.15. The number of hydrogen-bond donors (Lipinski definition) is 0. The van der Waals surface area contributed by atoms with Crippen LogP contribution in [-0.4, -0.2) is 5.78 Å². The third-order valence-corrected chi connectivity index (χ3v) is 3.66. The van der Waals surface area contributed by atoms with Crippen LogP contribution in [0.4, 0.5) is 0 Å². The van der Waals surface area contributed by atoms with Gasteiger partial charge in [-0.15, -0.1) is 0 Å². The van der Waals surface area contributed by atoms with Gasteiger partial charge in [-0.1, -0.05) is 46.3 Å². The molecule has 0 amide bonds. The fourth-order valence-corrected chi connectivity index (χ4v) is 2.51. The molecule has 0 bridgehead atoms. The highest BCUT2D eigenvalue weighted by Crippen LogP contribution is 2.18. The quantitative estimate of drug-likeness (QED) is 0.676. The van der Waals surface area contributed by atoms with Gasteiger partial charge in [-0.05, 0) is 18.2 Å². The summed E-state index contributed by atoms with van der Waals surface area (Å²) < 4.78 is 6.46. The van der Waals surface area contributed by atoms with E-state index in [-0.39, 0.29) is 17.6 Å². The van der Waals surface area contributed by atoms with E-state index in [9.17, 15) is 9.59 Å². The van der Waals surface area contributed by atoms with Crippen LogP contribution in [0.1, 0.15) is 16.1 Å². The molecule has 1 aromatic heterocycles. The first kappa shape index (κ1) is 13.8. The summed E-state index contributed by atoms with van der Waals surface area (Å²) >= 11 is 3.32. The monoisotopic (exact) mass is 342 g/mol. The number of carbonyl (C=O) groups excluding carboxylic acids is 1. The van der Waals surface area contributed by atoms with E-state index in [2.05, 4.69) is 15.9 Å². The van der Waals surface area contributed by atoms with Gasteiger partial charge in [0.05, 0.1) is 11.8 Å². The second kappa shape index (κ2) is 5.66. The number of rotatable bonds is 3. The first-order valence-corrected chi connectivity index (χ1v) is 7.23. The summed E-state index contributed by atoms with van der Waals surface area (Å²) in [6.45, 7) is 0. The maximum atomic E-state index is 12.1. The average Bonchev–Trinajstić information content (AvgIpc) is 2.49. The van der Waals surface area contributed by atoms with Gasteiger partial charge in [0.1, 0.15) is 11.3 Å². The molecule has 1 heterocycles. The third-order valence-electron chi connectivity index (χ3n) is 3.17. The molecule has 0 saturated heterocycles. The maximum absolute atomic E-state index is 12.1. The van der Waals surface area contributed by atoms with Crippen molar-refractivity contribution in [3.63, 3.8) is 0 Å². The van der Waals surface area contributed by atoms with Crippen molar-refractivity contribution in [2.75, 3.05) is 0 Å². The van der Waals surface area contributed by atoms with E-state index < -0.39 is 0 Å². The molecule has 3 nitrogen and oxygen atoms in total. The lowest BCUT2D eigenvalue weighted by molar-refractivity contribution is 0.0987. The molecule has 0 aliphatic carbocycles. The average molecular weight is 343 g/mol. The van der Waals surface area contributed by atoms with E-state index in [1.165, 1.54) is 6.07 Å². The van der Waals surface area contributed by atoms with Crippen molar-refractivity contribution in [2.24, 2.45) is 0 Å². The van der Waals surface area contributed by atoms with E-state index in [0.717, 1.165) is 4.47 Å². The van der Waals surface area contributed by atoms with Crippen LogP contribution in [0, 0.1) is 0 Å². The molecule has 0 fully saturated rings. The molecule has 4 heteroatoms. The van der Waals surface area contributed by atoms with Crippen LogP contribution in [0.3, 0.4) is 0 Å². The Bertz CT molecular complexity index is 866. The second-order valence-electron chi connectivity index (χ2n) is 4.68. The first-order chi connectivity index (χ1) is 10.1. The van der Waals surface area contributed by atoms with Crippen molar-refractivity contribution in [2.45, 2.75) is 6.42 Å². The summed E-state index contributed by atoms with van der Waals surface area (Å²) in [5.74, 6) is 0.305. The highest BCUT2D eigenvalue weighted by Gasteiger charge is 2.11. The van der Waals surface area contributed by atoms with Crippen molar-refractivity contribution in [3.05, 3.63) is 80.6 Å². The molecule has 104 valence electrons. The minimum absolute atomic E-state index is 0.0739. The van der Waals surface area contributed by atoms with Crippen LogP contribution < -0.4 is 5.43 Å². The molecular formula is C17H11BrO3. The van der Waals surface area contributed by atoms with E-state index in [1.807, 2.05) is 6.07 Å². The normalized spacial score (nSPS) is 10.7. The number of hydrogen-bond acceptors (Lipinski definition) is 3. The van der Waals surface area contributed by atoms with Crippen LogP contribution in [-0.2, 0) is 6.42 Å². The molecule has 3 rings (SSSR count). The zero-order valence-electron chi connectivity index (χ0n) is 11.0. The Hall–Kier alpha value is -2.20. The Morgan fingerprint density at radius 2 is 1.81 bits per heavy atom. The Labute approximate surface area is 129 Å². The summed E-state index contributed by atoms with van der Waals surface area (Å²) in [6.07, 6.45) is 0.0747. The zero-order chi connectivity index (χ0) is 14.8. The smallest absolute Gasteiger partial charge is 0.193 e. The number of benzene rings is 2. The molecule has 0 radical (unpaired) electrons. The van der Waals surface area contributed by atoms with Crippen molar-refractivity contribution >= 4 is 32.7 Å². The topological polar surface area (TPSA) is 47.3 Å². The molecule has 3 aromatic rings. The van der Waals surface area contributed by atoms with E-state index >= 15 is 0 Å². The van der Waals surface area contributed by atoms with Gasteiger partial charge in [0.15, 0.2) is 11.2 Å².